The van der Waals surface area contributed by atoms with Crippen molar-refractivity contribution in [1.82, 2.24) is 0 Å². The standard InChI is InChI=1S/C14H24O3/c1-13(2,3)10-4-6-14(7-5-10,12(15)16)8-11-9-17-11/h10-11H,4-9H2,1-3H3,(H,15,16)/p-1. The van der Waals surface area contributed by atoms with E-state index in [2.05, 4.69) is 20.8 Å². The van der Waals surface area contributed by atoms with Crippen LogP contribution in [-0.2, 0) is 9.53 Å². The fourth-order valence-electron chi connectivity index (χ4n) is 3.15. The van der Waals surface area contributed by atoms with Crippen LogP contribution in [0.15, 0.2) is 0 Å². The Labute approximate surface area is 104 Å². The van der Waals surface area contributed by atoms with Crippen molar-refractivity contribution in [2.45, 2.75) is 59.0 Å². The Balaban J connectivity index is 2.00. The molecule has 0 bridgehead atoms. The SMILES string of the molecule is CC(C)(C)C1CCC(CC2CO2)(C(=O)[O-])CC1. The summed E-state index contributed by atoms with van der Waals surface area (Å²) in [6, 6.07) is 0. The highest BCUT2D eigenvalue weighted by Crippen LogP contribution is 2.48. The van der Waals surface area contributed by atoms with E-state index in [9.17, 15) is 9.90 Å². The lowest BCUT2D eigenvalue weighted by molar-refractivity contribution is -0.322. The van der Waals surface area contributed by atoms with E-state index in [1.807, 2.05) is 0 Å². The van der Waals surface area contributed by atoms with Gasteiger partial charge in [-0.15, -0.1) is 0 Å². The molecule has 0 spiro atoms. The molecule has 1 aliphatic heterocycles. The molecule has 17 heavy (non-hydrogen) atoms. The van der Waals surface area contributed by atoms with Crippen LogP contribution in [0.2, 0.25) is 0 Å². The Bertz CT molecular complexity index is 291. The van der Waals surface area contributed by atoms with E-state index in [-0.39, 0.29) is 11.5 Å². The zero-order valence-corrected chi connectivity index (χ0v) is 11.1. The third-order valence-electron chi connectivity index (χ3n) is 4.62. The average molecular weight is 239 g/mol. The number of epoxide rings is 1. The van der Waals surface area contributed by atoms with Crippen LogP contribution in [-0.4, -0.2) is 18.7 Å². The minimum atomic E-state index is -0.861. The number of carboxylic acid groups (broad SMARTS) is 1. The molecule has 1 saturated carbocycles. The topological polar surface area (TPSA) is 52.7 Å². The first-order valence-electron chi connectivity index (χ1n) is 6.66. The number of aliphatic carboxylic acids is 1. The normalized spacial score (nSPS) is 37.8. The molecule has 3 nitrogen and oxygen atoms in total. The summed E-state index contributed by atoms with van der Waals surface area (Å²) < 4.78 is 5.19. The molecule has 98 valence electrons. The molecule has 1 saturated heterocycles. The highest BCUT2D eigenvalue weighted by Gasteiger charge is 2.43. The first kappa shape index (κ1) is 12.9. The van der Waals surface area contributed by atoms with Crippen molar-refractivity contribution in [3.05, 3.63) is 0 Å². The van der Waals surface area contributed by atoms with Crippen LogP contribution in [0.25, 0.3) is 0 Å². The number of carbonyl (C=O) groups is 1. The molecule has 0 radical (unpaired) electrons. The van der Waals surface area contributed by atoms with Crippen LogP contribution in [0, 0.1) is 16.7 Å². The first-order valence-corrected chi connectivity index (χ1v) is 6.66. The molecule has 2 fully saturated rings. The van der Waals surface area contributed by atoms with E-state index >= 15 is 0 Å². The Morgan fingerprint density at radius 3 is 2.24 bits per heavy atom. The summed E-state index contributed by atoms with van der Waals surface area (Å²) >= 11 is 0. The summed E-state index contributed by atoms with van der Waals surface area (Å²) in [5.74, 6) is -0.226. The molecule has 0 N–H and O–H groups in total. The van der Waals surface area contributed by atoms with E-state index in [0.29, 0.717) is 12.3 Å². The van der Waals surface area contributed by atoms with Gasteiger partial charge in [0.2, 0.25) is 0 Å². The lowest BCUT2D eigenvalue weighted by Gasteiger charge is -2.44. The lowest BCUT2D eigenvalue weighted by Crippen LogP contribution is -2.46. The maximum Gasteiger partial charge on any atom is 0.0818 e. The lowest BCUT2D eigenvalue weighted by atomic mass is 9.62. The van der Waals surface area contributed by atoms with Gasteiger partial charge in [-0.3, -0.25) is 0 Å². The number of hydrogen-bond donors (Lipinski definition) is 0. The summed E-state index contributed by atoms with van der Waals surface area (Å²) in [6.45, 7) is 7.47. The van der Waals surface area contributed by atoms with Gasteiger partial charge < -0.3 is 14.6 Å². The fraction of sp³-hybridized carbons (Fsp3) is 0.929. The summed E-state index contributed by atoms with van der Waals surface area (Å²) in [4.78, 5) is 11.4. The average Bonchev–Trinajstić information content (AvgIpc) is 3.00. The van der Waals surface area contributed by atoms with Crippen molar-refractivity contribution in [3.63, 3.8) is 0 Å². The summed E-state index contributed by atoms with van der Waals surface area (Å²) in [7, 11) is 0. The molecule has 1 unspecified atom stereocenters. The number of ether oxygens (including phenoxy) is 1. The number of rotatable bonds is 3. The summed E-state index contributed by atoms with van der Waals surface area (Å²) in [5, 5.41) is 11.4. The largest absolute Gasteiger partial charge is 0.550 e. The Morgan fingerprint density at radius 2 is 1.88 bits per heavy atom. The Morgan fingerprint density at radius 1 is 1.35 bits per heavy atom. The number of hydrogen-bond acceptors (Lipinski definition) is 3. The van der Waals surface area contributed by atoms with Crippen LogP contribution in [0.5, 0.6) is 0 Å². The van der Waals surface area contributed by atoms with Gasteiger partial charge in [0.25, 0.3) is 0 Å². The molecule has 0 aromatic rings. The second-order valence-electron chi connectivity index (χ2n) is 6.87. The van der Waals surface area contributed by atoms with E-state index < -0.39 is 11.4 Å². The van der Waals surface area contributed by atoms with Crippen LogP contribution < -0.4 is 5.11 Å². The second kappa shape index (κ2) is 4.27. The van der Waals surface area contributed by atoms with Gasteiger partial charge in [-0.1, -0.05) is 20.8 Å². The van der Waals surface area contributed by atoms with E-state index in [1.165, 1.54) is 0 Å². The maximum atomic E-state index is 11.4. The van der Waals surface area contributed by atoms with Crippen molar-refractivity contribution in [3.8, 4) is 0 Å². The van der Waals surface area contributed by atoms with Gasteiger partial charge in [-0.25, -0.2) is 0 Å². The first-order chi connectivity index (χ1) is 7.83. The monoisotopic (exact) mass is 239 g/mol. The molecule has 0 aromatic carbocycles. The predicted octanol–water partition coefficient (Wildman–Crippen LogP) is 1.75. The quantitative estimate of drug-likeness (QED) is 0.705. The van der Waals surface area contributed by atoms with Crippen molar-refractivity contribution in [2.75, 3.05) is 6.61 Å². The predicted molar refractivity (Wildman–Crippen MR) is 63.2 cm³/mol. The van der Waals surface area contributed by atoms with Gasteiger partial charge in [0.15, 0.2) is 0 Å². The summed E-state index contributed by atoms with van der Waals surface area (Å²) in [5.41, 5.74) is -0.322. The van der Waals surface area contributed by atoms with Gasteiger partial charge in [0.1, 0.15) is 0 Å². The number of carbonyl (C=O) groups excluding carboxylic acids is 1. The fourth-order valence-corrected chi connectivity index (χ4v) is 3.15. The van der Waals surface area contributed by atoms with Gasteiger partial charge in [0.05, 0.1) is 12.7 Å². The molecule has 1 aliphatic carbocycles. The molecule has 0 aromatic heterocycles. The number of carboxylic acids is 1. The minimum absolute atomic E-state index is 0.180. The van der Waals surface area contributed by atoms with Crippen molar-refractivity contribution in [1.29, 1.82) is 0 Å². The highest BCUT2D eigenvalue weighted by atomic mass is 16.6. The van der Waals surface area contributed by atoms with Gasteiger partial charge >= 0.3 is 0 Å². The van der Waals surface area contributed by atoms with Crippen LogP contribution >= 0.6 is 0 Å². The van der Waals surface area contributed by atoms with Crippen LogP contribution in [0.4, 0.5) is 0 Å². The third-order valence-corrected chi connectivity index (χ3v) is 4.62. The second-order valence-corrected chi connectivity index (χ2v) is 6.87. The van der Waals surface area contributed by atoms with Gasteiger partial charge in [0, 0.05) is 11.4 Å². The maximum absolute atomic E-state index is 11.4. The minimum Gasteiger partial charge on any atom is -0.550 e. The van der Waals surface area contributed by atoms with Gasteiger partial charge in [-0.05, 0) is 43.4 Å². The Hall–Kier alpha value is -0.570. The molecule has 3 heteroatoms. The molecule has 1 heterocycles. The zero-order valence-electron chi connectivity index (χ0n) is 11.1. The van der Waals surface area contributed by atoms with Crippen molar-refractivity contribution in [2.24, 2.45) is 16.7 Å². The van der Waals surface area contributed by atoms with E-state index in [1.54, 1.807) is 0 Å². The highest BCUT2D eigenvalue weighted by molar-refractivity contribution is 5.72. The molecular weight excluding hydrogens is 216 g/mol. The Kier molecular flexibility index (Phi) is 3.23. The molecule has 1 atom stereocenters. The van der Waals surface area contributed by atoms with E-state index in [4.69, 9.17) is 4.74 Å². The van der Waals surface area contributed by atoms with Crippen LogP contribution in [0.1, 0.15) is 52.9 Å². The molecule has 2 rings (SSSR count). The molecule has 0 amide bonds. The van der Waals surface area contributed by atoms with Crippen LogP contribution in [0.3, 0.4) is 0 Å². The molecular formula is C14H23O3-. The van der Waals surface area contributed by atoms with Gasteiger partial charge in [-0.2, -0.15) is 0 Å². The van der Waals surface area contributed by atoms with Crippen molar-refractivity contribution >= 4 is 5.97 Å². The smallest absolute Gasteiger partial charge is 0.0818 e. The van der Waals surface area contributed by atoms with Crippen molar-refractivity contribution < 1.29 is 14.6 Å². The zero-order chi connectivity index (χ0) is 12.7. The van der Waals surface area contributed by atoms with E-state index in [0.717, 1.165) is 32.3 Å². The third kappa shape index (κ3) is 2.82. The molecule has 2 aliphatic rings. The summed E-state index contributed by atoms with van der Waals surface area (Å²) in [6.07, 6.45) is 4.37.